The number of nitrogens with zero attached hydrogens (tertiary/aromatic N) is 2. The number of hydrogen-bond acceptors (Lipinski definition) is 4. The SMILES string of the molecule is NC1=NCC(C2CCCO2)N1c1ccc(Cl)c(Br)c1. The van der Waals surface area contributed by atoms with E-state index in [1.165, 1.54) is 0 Å². The molecule has 2 aliphatic heterocycles. The Morgan fingerprint density at radius 3 is 3.00 bits per heavy atom. The molecule has 0 amide bonds. The summed E-state index contributed by atoms with van der Waals surface area (Å²) in [6, 6.07) is 5.98. The molecule has 4 nitrogen and oxygen atoms in total. The van der Waals surface area contributed by atoms with Gasteiger partial charge in [-0.05, 0) is 47.0 Å². The van der Waals surface area contributed by atoms with E-state index in [-0.39, 0.29) is 12.1 Å². The van der Waals surface area contributed by atoms with Crippen molar-refractivity contribution >= 4 is 39.2 Å². The number of rotatable bonds is 2. The molecule has 6 heteroatoms. The highest BCUT2D eigenvalue weighted by Crippen LogP contribution is 2.32. The van der Waals surface area contributed by atoms with Crippen LogP contribution in [0, 0.1) is 0 Å². The fourth-order valence-electron chi connectivity index (χ4n) is 2.66. The van der Waals surface area contributed by atoms with Crippen molar-refractivity contribution in [2.45, 2.75) is 25.0 Å². The molecular formula is C13H15BrClN3O. The van der Waals surface area contributed by atoms with Gasteiger partial charge in [0, 0.05) is 16.8 Å². The second-order valence-corrected chi connectivity index (χ2v) is 6.05. The number of benzene rings is 1. The van der Waals surface area contributed by atoms with Crippen molar-refractivity contribution in [3.63, 3.8) is 0 Å². The molecule has 2 heterocycles. The van der Waals surface area contributed by atoms with E-state index < -0.39 is 0 Å². The molecule has 0 bridgehead atoms. The molecule has 0 aliphatic carbocycles. The number of aliphatic imine (C=N–C) groups is 1. The average Bonchev–Trinajstić information content (AvgIpc) is 3.01. The lowest BCUT2D eigenvalue weighted by Crippen LogP contribution is -2.47. The lowest BCUT2D eigenvalue weighted by molar-refractivity contribution is 0.0947. The normalized spacial score (nSPS) is 26.8. The third-order valence-electron chi connectivity index (χ3n) is 3.59. The maximum absolute atomic E-state index is 6.04. The number of guanidine groups is 1. The zero-order valence-electron chi connectivity index (χ0n) is 10.4. The Morgan fingerprint density at radius 1 is 1.47 bits per heavy atom. The Kier molecular flexibility index (Phi) is 3.69. The number of nitrogens with two attached hydrogens (primary N) is 1. The summed E-state index contributed by atoms with van der Waals surface area (Å²) in [6.07, 6.45) is 2.39. The Bertz CT molecular complexity index is 517. The minimum absolute atomic E-state index is 0.190. The number of hydrogen-bond donors (Lipinski definition) is 1. The summed E-state index contributed by atoms with van der Waals surface area (Å²) >= 11 is 9.48. The van der Waals surface area contributed by atoms with E-state index in [1.807, 2.05) is 18.2 Å². The van der Waals surface area contributed by atoms with Crippen LogP contribution in [0.2, 0.25) is 5.02 Å². The summed E-state index contributed by atoms with van der Waals surface area (Å²) in [4.78, 5) is 6.42. The quantitative estimate of drug-likeness (QED) is 0.897. The standard InChI is InChI=1S/C13H15BrClN3O/c14-9-6-8(3-4-10(9)15)18-11(7-17-13(18)16)12-2-1-5-19-12/h3-4,6,11-12H,1-2,5,7H2,(H2,16,17). The van der Waals surface area contributed by atoms with Crippen molar-refractivity contribution < 1.29 is 4.74 Å². The molecule has 2 unspecified atom stereocenters. The summed E-state index contributed by atoms with van der Waals surface area (Å²) in [6.45, 7) is 1.52. The molecule has 1 aromatic carbocycles. The largest absolute Gasteiger partial charge is 0.376 e. The molecule has 0 saturated carbocycles. The molecule has 1 aromatic rings. The van der Waals surface area contributed by atoms with Crippen LogP contribution in [0.1, 0.15) is 12.8 Å². The smallest absolute Gasteiger partial charge is 0.196 e. The van der Waals surface area contributed by atoms with Gasteiger partial charge >= 0.3 is 0 Å². The van der Waals surface area contributed by atoms with Crippen LogP contribution in [0.25, 0.3) is 0 Å². The molecule has 2 aliphatic rings. The first-order valence-corrected chi connectivity index (χ1v) is 7.50. The van der Waals surface area contributed by atoms with Crippen LogP contribution in [0.5, 0.6) is 0 Å². The van der Waals surface area contributed by atoms with Gasteiger partial charge in [0.1, 0.15) is 0 Å². The topological polar surface area (TPSA) is 50.9 Å². The van der Waals surface area contributed by atoms with Crippen molar-refractivity contribution in [3.8, 4) is 0 Å². The van der Waals surface area contributed by atoms with Gasteiger partial charge in [-0.1, -0.05) is 11.6 Å². The molecular weight excluding hydrogens is 330 g/mol. The van der Waals surface area contributed by atoms with Gasteiger partial charge in [0.25, 0.3) is 0 Å². The summed E-state index contributed by atoms with van der Waals surface area (Å²) in [5.41, 5.74) is 7.03. The highest BCUT2D eigenvalue weighted by molar-refractivity contribution is 9.10. The van der Waals surface area contributed by atoms with Gasteiger partial charge in [-0.3, -0.25) is 4.99 Å². The van der Waals surface area contributed by atoms with Gasteiger partial charge < -0.3 is 15.4 Å². The fourth-order valence-corrected chi connectivity index (χ4v) is 3.15. The third kappa shape index (κ3) is 2.47. The van der Waals surface area contributed by atoms with Gasteiger partial charge in [0.2, 0.25) is 0 Å². The van der Waals surface area contributed by atoms with Crippen molar-refractivity contribution in [3.05, 3.63) is 27.7 Å². The van der Waals surface area contributed by atoms with E-state index >= 15 is 0 Å². The van der Waals surface area contributed by atoms with Crippen LogP contribution >= 0.6 is 27.5 Å². The minimum atomic E-state index is 0.190. The van der Waals surface area contributed by atoms with Crippen LogP contribution < -0.4 is 10.6 Å². The monoisotopic (exact) mass is 343 g/mol. The maximum Gasteiger partial charge on any atom is 0.196 e. The van der Waals surface area contributed by atoms with E-state index in [9.17, 15) is 0 Å². The maximum atomic E-state index is 6.04. The Morgan fingerprint density at radius 2 is 2.32 bits per heavy atom. The van der Waals surface area contributed by atoms with Gasteiger partial charge in [-0.15, -0.1) is 0 Å². The first kappa shape index (κ1) is 13.2. The molecule has 0 aromatic heterocycles. The third-order valence-corrected chi connectivity index (χ3v) is 4.81. The minimum Gasteiger partial charge on any atom is -0.376 e. The van der Waals surface area contributed by atoms with E-state index in [0.29, 0.717) is 17.5 Å². The second kappa shape index (κ2) is 5.31. The Balaban J connectivity index is 1.90. The van der Waals surface area contributed by atoms with Crippen molar-refractivity contribution in [1.29, 1.82) is 0 Å². The zero-order valence-corrected chi connectivity index (χ0v) is 12.7. The lowest BCUT2D eigenvalue weighted by atomic mass is 10.1. The van der Waals surface area contributed by atoms with E-state index in [1.54, 1.807) is 0 Å². The zero-order chi connectivity index (χ0) is 13.4. The van der Waals surface area contributed by atoms with E-state index in [2.05, 4.69) is 25.8 Å². The molecule has 1 fully saturated rings. The molecule has 0 spiro atoms. The Hall–Kier alpha value is -0.780. The van der Waals surface area contributed by atoms with Crippen molar-refractivity contribution in [1.82, 2.24) is 0 Å². The van der Waals surface area contributed by atoms with Gasteiger partial charge in [0.15, 0.2) is 5.96 Å². The van der Waals surface area contributed by atoms with Crippen LogP contribution in [0.15, 0.2) is 27.7 Å². The van der Waals surface area contributed by atoms with Crippen LogP contribution in [-0.2, 0) is 4.74 Å². The molecule has 1 saturated heterocycles. The molecule has 19 heavy (non-hydrogen) atoms. The molecule has 102 valence electrons. The molecule has 3 rings (SSSR count). The van der Waals surface area contributed by atoms with Crippen LogP contribution in [0.4, 0.5) is 5.69 Å². The van der Waals surface area contributed by atoms with Crippen molar-refractivity contribution in [2.24, 2.45) is 10.7 Å². The predicted octanol–water partition coefficient (Wildman–Crippen LogP) is 2.78. The molecule has 2 N–H and O–H groups in total. The Labute approximate surface area is 125 Å². The highest BCUT2D eigenvalue weighted by atomic mass is 79.9. The average molecular weight is 345 g/mol. The highest BCUT2D eigenvalue weighted by Gasteiger charge is 2.36. The molecule has 0 radical (unpaired) electrons. The summed E-state index contributed by atoms with van der Waals surface area (Å²) in [5.74, 6) is 0.551. The predicted molar refractivity (Wildman–Crippen MR) is 80.9 cm³/mol. The number of ether oxygens (including phenoxy) is 1. The van der Waals surface area contributed by atoms with Gasteiger partial charge in [0.05, 0.1) is 23.7 Å². The summed E-state index contributed by atoms with van der Waals surface area (Å²) < 4.78 is 6.64. The number of anilines is 1. The fraction of sp³-hybridized carbons (Fsp3) is 0.462. The van der Waals surface area contributed by atoms with Gasteiger partial charge in [-0.25, -0.2) is 0 Å². The first-order valence-electron chi connectivity index (χ1n) is 6.32. The summed E-state index contributed by atoms with van der Waals surface area (Å²) in [7, 11) is 0. The second-order valence-electron chi connectivity index (χ2n) is 4.79. The van der Waals surface area contributed by atoms with Crippen LogP contribution in [0.3, 0.4) is 0 Å². The molecule has 2 atom stereocenters. The van der Waals surface area contributed by atoms with Gasteiger partial charge in [-0.2, -0.15) is 0 Å². The van der Waals surface area contributed by atoms with E-state index in [0.717, 1.165) is 29.6 Å². The first-order chi connectivity index (χ1) is 9.16. The summed E-state index contributed by atoms with van der Waals surface area (Å²) in [5, 5.41) is 0.687. The lowest BCUT2D eigenvalue weighted by Gasteiger charge is -2.30. The van der Waals surface area contributed by atoms with E-state index in [4.69, 9.17) is 22.1 Å². The van der Waals surface area contributed by atoms with Crippen molar-refractivity contribution in [2.75, 3.05) is 18.1 Å². The van der Waals surface area contributed by atoms with Crippen LogP contribution in [-0.4, -0.2) is 31.3 Å². The number of halogens is 2.